The summed E-state index contributed by atoms with van der Waals surface area (Å²) in [5.41, 5.74) is 2.49. The fraction of sp³-hybridized carbons (Fsp3) is 0.158. The Morgan fingerprint density at radius 3 is 2.33 bits per heavy atom. The van der Waals surface area contributed by atoms with Crippen LogP contribution in [0.15, 0.2) is 66.7 Å². The Morgan fingerprint density at radius 2 is 1.62 bits per heavy atom. The van der Waals surface area contributed by atoms with E-state index in [1.54, 1.807) is 12.1 Å². The summed E-state index contributed by atoms with van der Waals surface area (Å²) < 4.78 is 0. The fourth-order valence-corrected chi connectivity index (χ4v) is 2.68. The number of benzene rings is 3. The van der Waals surface area contributed by atoms with Gasteiger partial charge < -0.3 is 10.4 Å². The van der Waals surface area contributed by atoms with Crippen molar-refractivity contribution in [2.24, 2.45) is 0 Å². The first-order valence-electron chi connectivity index (χ1n) is 7.20. The smallest absolute Gasteiger partial charge is 0.115 e. The van der Waals surface area contributed by atoms with E-state index in [9.17, 15) is 5.11 Å². The minimum Gasteiger partial charge on any atom is -0.508 e. The van der Waals surface area contributed by atoms with Crippen molar-refractivity contribution in [3.8, 4) is 5.75 Å². The molecule has 0 saturated carbocycles. The summed E-state index contributed by atoms with van der Waals surface area (Å²) in [6, 6.07) is 22.7. The van der Waals surface area contributed by atoms with Gasteiger partial charge in [-0.15, -0.1) is 0 Å². The summed E-state index contributed by atoms with van der Waals surface area (Å²) in [5, 5.41) is 15.3. The van der Waals surface area contributed by atoms with E-state index in [0.29, 0.717) is 5.75 Å². The molecular weight excluding hydrogens is 258 g/mol. The largest absolute Gasteiger partial charge is 0.508 e. The molecule has 106 valence electrons. The molecule has 1 unspecified atom stereocenters. The zero-order valence-corrected chi connectivity index (χ0v) is 12.1. The molecule has 0 spiro atoms. The van der Waals surface area contributed by atoms with Crippen molar-refractivity contribution in [3.63, 3.8) is 0 Å². The van der Waals surface area contributed by atoms with Gasteiger partial charge in [0.05, 0.1) is 0 Å². The molecule has 3 aromatic carbocycles. The summed E-state index contributed by atoms with van der Waals surface area (Å²) in [5.74, 6) is 0.311. The third-order valence-electron chi connectivity index (χ3n) is 3.90. The third-order valence-corrected chi connectivity index (χ3v) is 3.90. The minimum atomic E-state index is 0.263. The van der Waals surface area contributed by atoms with E-state index in [0.717, 1.165) is 6.42 Å². The van der Waals surface area contributed by atoms with E-state index in [1.165, 1.54) is 21.9 Å². The van der Waals surface area contributed by atoms with Crippen molar-refractivity contribution in [2.75, 3.05) is 7.05 Å². The zero-order chi connectivity index (χ0) is 14.7. The molecule has 0 aromatic heterocycles. The molecule has 1 atom stereocenters. The van der Waals surface area contributed by atoms with Crippen LogP contribution in [0.25, 0.3) is 10.8 Å². The molecule has 21 heavy (non-hydrogen) atoms. The van der Waals surface area contributed by atoms with Crippen molar-refractivity contribution in [1.82, 2.24) is 5.32 Å². The number of phenols is 1. The summed E-state index contributed by atoms with van der Waals surface area (Å²) in [7, 11) is 1.99. The molecule has 2 N–H and O–H groups in total. The van der Waals surface area contributed by atoms with Gasteiger partial charge in [-0.25, -0.2) is 0 Å². The molecule has 0 aliphatic carbocycles. The lowest BCUT2D eigenvalue weighted by Gasteiger charge is -2.17. The molecule has 0 amide bonds. The minimum absolute atomic E-state index is 0.263. The van der Waals surface area contributed by atoms with Crippen molar-refractivity contribution in [1.29, 1.82) is 0 Å². The molecule has 0 fully saturated rings. The number of rotatable bonds is 4. The first kappa shape index (κ1) is 13.7. The third kappa shape index (κ3) is 3.06. The average molecular weight is 277 g/mol. The van der Waals surface area contributed by atoms with Crippen molar-refractivity contribution < 1.29 is 5.11 Å². The van der Waals surface area contributed by atoms with Crippen LogP contribution in [0.3, 0.4) is 0 Å². The summed E-state index contributed by atoms with van der Waals surface area (Å²) in [6.45, 7) is 0. The second kappa shape index (κ2) is 5.98. The highest BCUT2D eigenvalue weighted by Gasteiger charge is 2.10. The molecule has 0 aliphatic heterocycles. The van der Waals surface area contributed by atoms with Crippen LogP contribution in [-0.4, -0.2) is 12.2 Å². The molecular formula is C19H19NO. The standard InChI is InChI=1S/C19H19NO/c1-20-19(12-14-6-10-18(21)11-7-14)17-9-8-15-4-2-3-5-16(15)13-17/h2-11,13,19-21H,12H2,1H3. The van der Waals surface area contributed by atoms with Crippen molar-refractivity contribution in [3.05, 3.63) is 77.9 Å². The van der Waals surface area contributed by atoms with Gasteiger partial charge in [0.2, 0.25) is 0 Å². The van der Waals surface area contributed by atoms with Gasteiger partial charge >= 0.3 is 0 Å². The second-order valence-corrected chi connectivity index (χ2v) is 5.32. The van der Waals surface area contributed by atoms with Gasteiger partial charge in [-0.2, -0.15) is 0 Å². The Hall–Kier alpha value is -2.32. The number of hydrogen-bond donors (Lipinski definition) is 2. The summed E-state index contributed by atoms with van der Waals surface area (Å²) in [4.78, 5) is 0. The zero-order valence-electron chi connectivity index (χ0n) is 12.1. The number of phenolic OH excluding ortho intramolecular Hbond substituents is 1. The van der Waals surface area contributed by atoms with Gasteiger partial charge in [-0.05, 0) is 53.6 Å². The molecule has 3 aromatic rings. The van der Waals surface area contributed by atoms with E-state index in [1.807, 2.05) is 19.2 Å². The maximum absolute atomic E-state index is 9.37. The Bertz CT molecular complexity index is 734. The van der Waals surface area contributed by atoms with Gasteiger partial charge in [-0.3, -0.25) is 0 Å². The van der Waals surface area contributed by atoms with Gasteiger partial charge in [0.15, 0.2) is 0 Å². The monoisotopic (exact) mass is 277 g/mol. The predicted octanol–water partition coefficient (Wildman–Crippen LogP) is 4.05. The Balaban J connectivity index is 1.88. The van der Waals surface area contributed by atoms with E-state index in [2.05, 4.69) is 47.8 Å². The average Bonchev–Trinajstić information content (AvgIpc) is 2.54. The number of likely N-dealkylation sites (N-methyl/N-ethyl adjacent to an activating group) is 1. The van der Waals surface area contributed by atoms with Crippen LogP contribution in [0.1, 0.15) is 17.2 Å². The van der Waals surface area contributed by atoms with Crippen LogP contribution in [-0.2, 0) is 6.42 Å². The topological polar surface area (TPSA) is 32.3 Å². The van der Waals surface area contributed by atoms with E-state index >= 15 is 0 Å². The first-order chi connectivity index (χ1) is 10.3. The molecule has 0 bridgehead atoms. The van der Waals surface area contributed by atoms with Crippen LogP contribution < -0.4 is 5.32 Å². The highest BCUT2D eigenvalue weighted by Crippen LogP contribution is 2.23. The van der Waals surface area contributed by atoms with Gasteiger partial charge in [0.1, 0.15) is 5.75 Å². The Morgan fingerprint density at radius 1 is 0.905 bits per heavy atom. The van der Waals surface area contributed by atoms with Crippen LogP contribution in [0.5, 0.6) is 5.75 Å². The highest BCUT2D eigenvalue weighted by molar-refractivity contribution is 5.83. The van der Waals surface area contributed by atoms with Gasteiger partial charge in [0.25, 0.3) is 0 Å². The lowest BCUT2D eigenvalue weighted by Crippen LogP contribution is -2.18. The Labute approximate surface area is 125 Å². The quantitative estimate of drug-likeness (QED) is 0.754. The summed E-state index contributed by atoms with van der Waals surface area (Å²) >= 11 is 0. The van der Waals surface area contributed by atoms with Crippen LogP contribution in [0.4, 0.5) is 0 Å². The molecule has 0 radical (unpaired) electrons. The molecule has 0 saturated heterocycles. The van der Waals surface area contributed by atoms with Crippen LogP contribution in [0, 0.1) is 0 Å². The maximum Gasteiger partial charge on any atom is 0.115 e. The normalized spacial score (nSPS) is 12.4. The molecule has 2 nitrogen and oxygen atoms in total. The number of hydrogen-bond acceptors (Lipinski definition) is 2. The lowest BCUT2D eigenvalue weighted by molar-refractivity contribution is 0.475. The van der Waals surface area contributed by atoms with Crippen LogP contribution >= 0.6 is 0 Å². The Kier molecular flexibility index (Phi) is 3.89. The van der Waals surface area contributed by atoms with E-state index in [-0.39, 0.29) is 6.04 Å². The number of nitrogens with one attached hydrogen (secondary N) is 1. The molecule has 0 aliphatic rings. The maximum atomic E-state index is 9.37. The number of aromatic hydroxyl groups is 1. The number of fused-ring (bicyclic) bond motifs is 1. The lowest BCUT2D eigenvalue weighted by atomic mass is 9.96. The molecule has 2 heteroatoms. The molecule has 0 heterocycles. The van der Waals surface area contributed by atoms with E-state index in [4.69, 9.17) is 0 Å². The van der Waals surface area contributed by atoms with Crippen molar-refractivity contribution in [2.45, 2.75) is 12.5 Å². The second-order valence-electron chi connectivity index (χ2n) is 5.32. The predicted molar refractivity (Wildman–Crippen MR) is 87.6 cm³/mol. The fourth-order valence-electron chi connectivity index (χ4n) is 2.68. The summed E-state index contributed by atoms with van der Waals surface area (Å²) in [6.07, 6.45) is 0.898. The van der Waals surface area contributed by atoms with Crippen LogP contribution in [0.2, 0.25) is 0 Å². The highest BCUT2D eigenvalue weighted by atomic mass is 16.3. The van der Waals surface area contributed by atoms with Gasteiger partial charge in [-0.1, -0.05) is 48.5 Å². The SMILES string of the molecule is CNC(Cc1ccc(O)cc1)c1ccc2ccccc2c1. The van der Waals surface area contributed by atoms with Crippen molar-refractivity contribution >= 4 is 10.8 Å². The van der Waals surface area contributed by atoms with E-state index < -0.39 is 0 Å². The van der Waals surface area contributed by atoms with Gasteiger partial charge in [0, 0.05) is 6.04 Å². The molecule has 3 rings (SSSR count). The first-order valence-corrected chi connectivity index (χ1v) is 7.20.